The standard InChI is InChI=1S/C20H21F3N2O3/c1-13-6-5-7-14(10-13)11-15(18(26)28-2)12-24-19(27)25-17-9-4-3-8-16(17)20(21,22)23/h3-10,15H,11-12H2,1-2H3,(H2,24,25,27). The van der Waals surface area contributed by atoms with Gasteiger partial charge in [0.2, 0.25) is 0 Å². The molecule has 0 bridgehead atoms. The lowest BCUT2D eigenvalue weighted by Gasteiger charge is -2.17. The van der Waals surface area contributed by atoms with E-state index < -0.39 is 29.7 Å². The highest BCUT2D eigenvalue weighted by Crippen LogP contribution is 2.34. The highest BCUT2D eigenvalue weighted by Gasteiger charge is 2.33. The maximum Gasteiger partial charge on any atom is 0.418 e. The van der Waals surface area contributed by atoms with Crippen LogP contribution >= 0.6 is 0 Å². The minimum Gasteiger partial charge on any atom is -0.469 e. The van der Waals surface area contributed by atoms with Crippen LogP contribution in [0.2, 0.25) is 0 Å². The van der Waals surface area contributed by atoms with Crippen LogP contribution in [0.15, 0.2) is 48.5 Å². The largest absolute Gasteiger partial charge is 0.469 e. The van der Waals surface area contributed by atoms with E-state index in [1.54, 1.807) is 0 Å². The van der Waals surface area contributed by atoms with Gasteiger partial charge in [0.25, 0.3) is 0 Å². The molecule has 2 rings (SSSR count). The average Bonchev–Trinajstić information content (AvgIpc) is 2.64. The number of esters is 1. The molecule has 0 radical (unpaired) electrons. The normalized spacial score (nSPS) is 12.2. The van der Waals surface area contributed by atoms with Gasteiger partial charge < -0.3 is 15.4 Å². The number of alkyl halides is 3. The third-order valence-electron chi connectivity index (χ3n) is 4.09. The zero-order chi connectivity index (χ0) is 20.7. The van der Waals surface area contributed by atoms with E-state index in [-0.39, 0.29) is 12.2 Å². The quantitative estimate of drug-likeness (QED) is 0.723. The molecule has 8 heteroatoms. The molecule has 2 N–H and O–H groups in total. The summed E-state index contributed by atoms with van der Waals surface area (Å²) >= 11 is 0. The summed E-state index contributed by atoms with van der Waals surface area (Å²) in [4.78, 5) is 24.1. The Labute approximate surface area is 160 Å². The fourth-order valence-electron chi connectivity index (χ4n) is 2.75. The summed E-state index contributed by atoms with van der Waals surface area (Å²) in [5.74, 6) is -1.19. The molecule has 0 saturated heterocycles. The Morgan fingerprint density at radius 2 is 1.82 bits per heavy atom. The zero-order valence-electron chi connectivity index (χ0n) is 15.5. The Balaban J connectivity index is 2.03. The first kappa shape index (κ1) is 21.3. The molecule has 1 atom stereocenters. The van der Waals surface area contributed by atoms with Crippen LogP contribution in [0.25, 0.3) is 0 Å². The number of nitrogens with one attached hydrogen (secondary N) is 2. The van der Waals surface area contributed by atoms with Gasteiger partial charge in [-0.3, -0.25) is 4.79 Å². The van der Waals surface area contributed by atoms with E-state index in [2.05, 4.69) is 10.6 Å². The van der Waals surface area contributed by atoms with E-state index in [9.17, 15) is 22.8 Å². The van der Waals surface area contributed by atoms with Gasteiger partial charge in [-0.2, -0.15) is 13.2 Å². The van der Waals surface area contributed by atoms with E-state index >= 15 is 0 Å². The average molecular weight is 394 g/mol. The van der Waals surface area contributed by atoms with Crippen LogP contribution < -0.4 is 10.6 Å². The number of rotatable bonds is 6. The fourth-order valence-corrected chi connectivity index (χ4v) is 2.75. The van der Waals surface area contributed by atoms with Crippen molar-refractivity contribution < 1.29 is 27.5 Å². The Hall–Kier alpha value is -3.03. The van der Waals surface area contributed by atoms with Crippen molar-refractivity contribution >= 4 is 17.7 Å². The van der Waals surface area contributed by atoms with Crippen molar-refractivity contribution in [3.63, 3.8) is 0 Å². The number of amides is 2. The molecule has 0 spiro atoms. The van der Waals surface area contributed by atoms with E-state index in [1.165, 1.54) is 19.2 Å². The minimum absolute atomic E-state index is 0.0827. The molecule has 0 saturated carbocycles. The number of para-hydroxylation sites is 1. The van der Waals surface area contributed by atoms with Gasteiger partial charge in [-0.25, -0.2) is 4.79 Å². The molecule has 0 aliphatic rings. The molecule has 0 fully saturated rings. The van der Waals surface area contributed by atoms with Crippen LogP contribution in [-0.2, 0) is 22.1 Å². The van der Waals surface area contributed by atoms with Crippen molar-refractivity contribution in [2.75, 3.05) is 19.0 Å². The van der Waals surface area contributed by atoms with Crippen LogP contribution in [0.4, 0.5) is 23.7 Å². The topological polar surface area (TPSA) is 67.4 Å². The van der Waals surface area contributed by atoms with Crippen LogP contribution in [0.3, 0.4) is 0 Å². The highest BCUT2D eigenvalue weighted by atomic mass is 19.4. The third-order valence-corrected chi connectivity index (χ3v) is 4.09. The minimum atomic E-state index is -4.59. The van der Waals surface area contributed by atoms with Gasteiger partial charge in [0, 0.05) is 6.54 Å². The van der Waals surface area contributed by atoms with Gasteiger partial charge in [-0.05, 0) is 31.0 Å². The van der Waals surface area contributed by atoms with E-state index in [0.29, 0.717) is 6.42 Å². The summed E-state index contributed by atoms with van der Waals surface area (Å²) in [6, 6.07) is 11.4. The van der Waals surface area contributed by atoms with Crippen LogP contribution in [0.1, 0.15) is 16.7 Å². The summed E-state index contributed by atoms with van der Waals surface area (Å²) in [5, 5.41) is 4.62. The Morgan fingerprint density at radius 1 is 1.11 bits per heavy atom. The molecular weight excluding hydrogens is 373 g/mol. The van der Waals surface area contributed by atoms with Crippen molar-refractivity contribution in [3.8, 4) is 0 Å². The molecule has 0 aliphatic carbocycles. The predicted molar refractivity (Wildman–Crippen MR) is 98.9 cm³/mol. The summed E-state index contributed by atoms with van der Waals surface area (Å²) in [6.07, 6.45) is -4.27. The monoisotopic (exact) mass is 394 g/mol. The van der Waals surface area contributed by atoms with Gasteiger partial charge >= 0.3 is 18.2 Å². The Kier molecular flexibility index (Phi) is 7.03. The van der Waals surface area contributed by atoms with Gasteiger partial charge in [0.15, 0.2) is 0 Å². The molecule has 150 valence electrons. The van der Waals surface area contributed by atoms with Gasteiger partial charge in [-0.1, -0.05) is 42.0 Å². The molecule has 0 aliphatic heterocycles. The van der Waals surface area contributed by atoms with E-state index in [0.717, 1.165) is 23.3 Å². The highest BCUT2D eigenvalue weighted by molar-refractivity contribution is 5.90. The van der Waals surface area contributed by atoms with Crippen molar-refractivity contribution in [1.29, 1.82) is 0 Å². The molecule has 28 heavy (non-hydrogen) atoms. The first-order chi connectivity index (χ1) is 13.2. The molecule has 2 aromatic rings. The lowest BCUT2D eigenvalue weighted by atomic mass is 9.98. The number of carbonyl (C=O) groups is 2. The second kappa shape index (κ2) is 9.25. The van der Waals surface area contributed by atoms with Crippen molar-refractivity contribution in [2.45, 2.75) is 19.5 Å². The molecule has 5 nitrogen and oxygen atoms in total. The van der Waals surface area contributed by atoms with Gasteiger partial charge in [0.05, 0.1) is 24.3 Å². The number of benzene rings is 2. The van der Waals surface area contributed by atoms with E-state index in [4.69, 9.17) is 4.74 Å². The number of hydrogen-bond donors (Lipinski definition) is 2. The van der Waals surface area contributed by atoms with Crippen LogP contribution in [-0.4, -0.2) is 25.7 Å². The Morgan fingerprint density at radius 3 is 2.46 bits per heavy atom. The second-order valence-electron chi connectivity index (χ2n) is 6.29. The number of methoxy groups -OCH3 is 1. The summed E-state index contributed by atoms with van der Waals surface area (Å²) < 4.78 is 43.8. The molecule has 1 unspecified atom stereocenters. The fraction of sp³-hybridized carbons (Fsp3) is 0.300. The third kappa shape index (κ3) is 6.00. The number of ether oxygens (including phenoxy) is 1. The first-order valence-corrected chi connectivity index (χ1v) is 8.55. The van der Waals surface area contributed by atoms with Crippen molar-refractivity contribution in [1.82, 2.24) is 5.32 Å². The number of aryl methyl sites for hydroxylation is 1. The molecule has 2 aromatic carbocycles. The zero-order valence-corrected chi connectivity index (χ0v) is 15.5. The molecule has 0 aromatic heterocycles. The van der Waals surface area contributed by atoms with Crippen molar-refractivity contribution in [2.24, 2.45) is 5.92 Å². The van der Waals surface area contributed by atoms with Crippen LogP contribution in [0.5, 0.6) is 0 Å². The molecule has 0 heterocycles. The van der Waals surface area contributed by atoms with Crippen molar-refractivity contribution in [3.05, 3.63) is 65.2 Å². The van der Waals surface area contributed by atoms with Gasteiger partial charge in [0.1, 0.15) is 0 Å². The smallest absolute Gasteiger partial charge is 0.418 e. The lowest BCUT2D eigenvalue weighted by molar-refractivity contribution is -0.145. The summed E-state index contributed by atoms with van der Waals surface area (Å²) in [7, 11) is 1.24. The number of carbonyl (C=O) groups excluding carboxylic acids is 2. The second-order valence-corrected chi connectivity index (χ2v) is 6.29. The summed E-state index contributed by atoms with van der Waals surface area (Å²) in [6.45, 7) is 1.83. The SMILES string of the molecule is COC(=O)C(CNC(=O)Nc1ccccc1C(F)(F)F)Cc1cccc(C)c1. The number of urea groups is 1. The predicted octanol–water partition coefficient (Wildman–Crippen LogP) is 4.17. The lowest BCUT2D eigenvalue weighted by Crippen LogP contribution is -2.37. The van der Waals surface area contributed by atoms with Crippen LogP contribution in [0, 0.1) is 12.8 Å². The van der Waals surface area contributed by atoms with E-state index in [1.807, 2.05) is 31.2 Å². The maximum atomic E-state index is 13.0. The Bertz CT molecular complexity index is 837. The first-order valence-electron chi connectivity index (χ1n) is 8.55. The van der Waals surface area contributed by atoms with Gasteiger partial charge in [-0.15, -0.1) is 0 Å². The maximum absolute atomic E-state index is 13.0. The molecular formula is C20H21F3N2O3. The number of hydrogen-bond acceptors (Lipinski definition) is 3. The number of anilines is 1. The number of halogens is 3. The summed E-state index contributed by atoms with van der Waals surface area (Å²) in [5.41, 5.74) is 0.603. The molecule has 2 amide bonds.